The number of anilines is 1. The Morgan fingerprint density at radius 1 is 1.67 bits per heavy atom. The Kier molecular flexibility index (Phi) is 2.10. The molecule has 0 fully saturated rings. The second-order valence-corrected chi connectivity index (χ2v) is 4.99. The van der Waals surface area contributed by atoms with E-state index in [4.69, 9.17) is 10.3 Å². The highest BCUT2D eigenvalue weighted by atomic mass is 32.2. The molecule has 68 valence electrons. The van der Waals surface area contributed by atoms with E-state index < -0.39 is 15.1 Å². The Balaban J connectivity index is 3.01. The fraction of sp³-hybridized carbons (Fsp3) is 0.500. The highest BCUT2D eigenvalue weighted by molar-refractivity contribution is 7.90. The van der Waals surface area contributed by atoms with Gasteiger partial charge in [0.25, 0.3) is 0 Å². The average Bonchev–Trinajstić information content (AvgIpc) is 2.32. The van der Waals surface area contributed by atoms with E-state index >= 15 is 0 Å². The van der Waals surface area contributed by atoms with Gasteiger partial charge in [-0.2, -0.15) is 0 Å². The Hall–Kier alpha value is -1.04. The van der Waals surface area contributed by atoms with Crippen molar-refractivity contribution in [1.82, 2.24) is 5.16 Å². The van der Waals surface area contributed by atoms with Gasteiger partial charge in [0, 0.05) is 12.3 Å². The second-order valence-electron chi connectivity index (χ2n) is 2.63. The van der Waals surface area contributed by atoms with E-state index in [0.717, 1.165) is 6.26 Å². The molecule has 0 aliphatic rings. The maximum absolute atomic E-state index is 11.0. The van der Waals surface area contributed by atoms with Gasteiger partial charge in [0.15, 0.2) is 21.4 Å². The average molecular weight is 190 g/mol. The Labute approximate surface area is 70.5 Å². The van der Waals surface area contributed by atoms with Gasteiger partial charge in [0.05, 0.1) is 0 Å². The third kappa shape index (κ3) is 1.76. The van der Waals surface area contributed by atoms with Crippen molar-refractivity contribution in [1.29, 1.82) is 0 Å². The summed E-state index contributed by atoms with van der Waals surface area (Å²) in [6, 6.07) is 1.41. The van der Waals surface area contributed by atoms with E-state index in [2.05, 4.69) is 5.16 Å². The van der Waals surface area contributed by atoms with Crippen molar-refractivity contribution < 1.29 is 12.9 Å². The lowest BCUT2D eigenvalue weighted by Crippen LogP contribution is -2.06. The summed E-state index contributed by atoms with van der Waals surface area (Å²) in [6.07, 6.45) is 1.14. The van der Waals surface area contributed by atoms with Crippen molar-refractivity contribution >= 4 is 15.7 Å². The standard InChI is InChI=1S/C6H10N2O3S/c1-4(12(2,9)10)5-3-6(7)8-11-5/h3-4H,1-2H3,(H2,7,8). The first-order chi connectivity index (χ1) is 5.41. The minimum absolute atomic E-state index is 0.195. The molecule has 0 saturated carbocycles. The zero-order valence-corrected chi connectivity index (χ0v) is 7.63. The first-order valence-corrected chi connectivity index (χ1v) is 5.27. The van der Waals surface area contributed by atoms with Crippen LogP contribution in [0, 0.1) is 0 Å². The third-order valence-electron chi connectivity index (χ3n) is 1.59. The molecule has 0 spiro atoms. The van der Waals surface area contributed by atoms with Crippen LogP contribution in [0.1, 0.15) is 17.9 Å². The minimum atomic E-state index is -3.13. The molecular formula is C6H10N2O3S. The number of nitrogens with two attached hydrogens (primary N) is 1. The summed E-state index contributed by atoms with van der Waals surface area (Å²) in [4.78, 5) is 0. The minimum Gasteiger partial charge on any atom is -0.381 e. The van der Waals surface area contributed by atoms with E-state index in [1.807, 2.05) is 0 Å². The predicted molar refractivity (Wildman–Crippen MR) is 44.2 cm³/mol. The van der Waals surface area contributed by atoms with Crippen LogP contribution in [0.5, 0.6) is 0 Å². The van der Waals surface area contributed by atoms with Crippen LogP contribution >= 0.6 is 0 Å². The fourth-order valence-corrected chi connectivity index (χ4v) is 1.24. The molecule has 1 aromatic rings. The zero-order chi connectivity index (χ0) is 9.35. The summed E-state index contributed by atoms with van der Waals surface area (Å²) < 4.78 is 26.7. The molecule has 0 aliphatic carbocycles. The van der Waals surface area contributed by atoms with E-state index in [9.17, 15) is 8.42 Å². The zero-order valence-electron chi connectivity index (χ0n) is 6.81. The lowest BCUT2D eigenvalue weighted by Gasteiger charge is -2.02. The molecule has 1 heterocycles. The lowest BCUT2D eigenvalue weighted by atomic mass is 10.3. The van der Waals surface area contributed by atoms with Gasteiger partial charge < -0.3 is 10.3 Å². The van der Waals surface area contributed by atoms with Crippen LogP contribution in [0.25, 0.3) is 0 Å². The van der Waals surface area contributed by atoms with Crippen molar-refractivity contribution in [3.05, 3.63) is 11.8 Å². The van der Waals surface area contributed by atoms with Gasteiger partial charge in [-0.1, -0.05) is 5.16 Å². The molecule has 0 bridgehead atoms. The van der Waals surface area contributed by atoms with Crippen LogP contribution in [0.4, 0.5) is 5.82 Å². The summed E-state index contributed by atoms with van der Waals surface area (Å²) in [5.41, 5.74) is 5.26. The molecule has 1 atom stereocenters. The molecule has 0 radical (unpaired) electrons. The molecule has 0 amide bonds. The van der Waals surface area contributed by atoms with Crippen LogP contribution in [-0.4, -0.2) is 19.8 Å². The molecule has 0 saturated heterocycles. The molecule has 2 N–H and O–H groups in total. The van der Waals surface area contributed by atoms with Gasteiger partial charge in [-0.25, -0.2) is 8.42 Å². The molecule has 1 aromatic heterocycles. The molecule has 5 nitrogen and oxygen atoms in total. The van der Waals surface area contributed by atoms with Gasteiger partial charge in [-0.05, 0) is 6.92 Å². The number of nitrogens with zero attached hydrogens (tertiary/aromatic N) is 1. The molecule has 6 heteroatoms. The molecular weight excluding hydrogens is 180 g/mol. The molecule has 0 aromatic carbocycles. The second kappa shape index (κ2) is 2.78. The lowest BCUT2D eigenvalue weighted by molar-refractivity contribution is 0.384. The number of rotatable bonds is 2. The van der Waals surface area contributed by atoms with E-state index in [1.165, 1.54) is 13.0 Å². The predicted octanol–water partition coefficient (Wildman–Crippen LogP) is 0.362. The Bertz CT molecular complexity index is 368. The number of aromatic nitrogens is 1. The topological polar surface area (TPSA) is 86.2 Å². The third-order valence-corrected chi connectivity index (χ3v) is 3.11. The highest BCUT2D eigenvalue weighted by Crippen LogP contribution is 2.21. The van der Waals surface area contributed by atoms with Crippen LogP contribution in [0.2, 0.25) is 0 Å². The van der Waals surface area contributed by atoms with Gasteiger partial charge >= 0.3 is 0 Å². The maximum Gasteiger partial charge on any atom is 0.167 e. The van der Waals surface area contributed by atoms with Crippen LogP contribution in [0.15, 0.2) is 10.6 Å². The van der Waals surface area contributed by atoms with Crippen molar-refractivity contribution in [2.75, 3.05) is 12.0 Å². The molecule has 0 aliphatic heterocycles. The molecule has 1 rings (SSSR count). The maximum atomic E-state index is 11.0. The summed E-state index contributed by atoms with van der Waals surface area (Å²) in [5.74, 6) is 0.468. The van der Waals surface area contributed by atoms with Gasteiger partial charge in [0.2, 0.25) is 0 Å². The first-order valence-electron chi connectivity index (χ1n) is 3.32. The van der Waals surface area contributed by atoms with E-state index in [0.29, 0.717) is 0 Å². The molecule has 1 unspecified atom stereocenters. The summed E-state index contributed by atoms with van der Waals surface area (Å²) in [7, 11) is -3.13. The number of hydrogen-bond acceptors (Lipinski definition) is 5. The summed E-state index contributed by atoms with van der Waals surface area (Å²) in [5, 5.41) is 2.70. The number of sulfone groups is 1. The summed E-state index contributed by atoms with van der Waals surface area (Å²) in [6.45, 7) is 1.52. The van der Waals surface area contributed by atoms with Crippen LogP contribution < -0.4 is 5.73 Å². The van der Waals surface area contributed by atoms with Crippen molar-refractivity contribution in [3.63, 3.8) is 0 Å². The quantitative estimate of drug-likeness (QED) is 0.727. The largest absolute Gasteiger partial charge is 0.381 e. The smallest absolute Gasteiger partial charge is 0.167 e. The van der Waals surface area contributed by atoms with E-state index in [-0.39, 0.29) is 11.6 Å². The fourth-order valence-electron chi connectivity index (χ4n) is 0.706. The van der Waals surface area contributed by atoms with Gasteiger partial charge in [0.1, 0.15) is 5.25 Å². The highest BCUT2D eigenvalue weighted by Gasteiger charge is 2.21. The van der Waals surface area contributed by atoms with Gasteiger partial charge in [-0.15, -0.1) is 0 Å². The number of nitrogen functional groups attached to an aromatic ring is 1. The van der Waals surface area contributed by atoms with Crippen LogP contribution in [-0.2, 0) is 9.84 Å². The van der Waals surface area contributed by atoms with E-state index in [1.54, 1.807) is 0 Å². The Morgan fingerprint density at radius 3 is 2.58 bits per heavy atom. The Morgan fingerprint density at radius 2 is 2.25 bits per heavy atom. The van der Waals surface area contributed by atoms with Crippen molar-refractivity contribution in [2.24, 2.45) is 0 Å². The van der Waals surface area contributed by atoms with Crippen LogP contribution in [0.3, 0.4) is 0 Å². The normalized spacial score (nSPS) is 14.5. The monoisotopic (exact) mass is 190 g/mol. The van der Waals surface area contributed by atoms with Crippen molar-refractivity contribution in [3.8, 4) is 0 Å². The first kappa shape index (κ1) is 9.05. The molecule has 12 heavy (non-hydrogen) atoms. The summed E-state index contributed by atoms with van der Waals surface area (Å²) >= 11 is 0. The van der Waals surface area contributed by atoms with Gasteiger partial charge in [-0.3, -0.25) is 0 Å². The van der Waals surface area contributed by atoms with Crippen molar-refractivity contribution in [2.45, 2.75) is 12.2 Å². The number of hydrogen-bond donors (Lipinski definition) is 1. The SMILES string of the molecule is CC(c1cc(N)no1)S(C)(=O)=O.